The van der Waals surface area contributed by atoms with Gasteiger partial charge < -0.3 is 18.7 Å². The summed E-state index contributed by atoms with van der Waals surface area (Å²) < 4.78 is 56.0. The van der Waals surface area contributed by atoms with Gasteiger partial charge in [0.1, 0.15) is 17.2 Å². The molecule has 3 rings (SSSR count). The van der Waals surface area contributed by atoms with Crippen molar-refractivity contribution in [2.45, 2.75) is 13.0 Å². The first-order valence-electron chi connectivity index (χ1n) is 7.38. The van der Waals surface area contributed by atoms with Crippen molar-refractivity contribution in [1.82, 2.24) is 10.1 Å². The number of hydrogen-bond acceptors (Lipinski definition) is 6. The zero-order valence-corrected chi connectivity index (χ0v) is 13.5. The minimum Gasteiger partial charge on any atom is -0.497 e. The summed E-state index contributed by atoms with van der Waals surface area (Å²) in [7, 11) is 1.55. The van der Waals surface area contributed by atoms with Crippen molar-refractivity contribution in [2.75, 3.05) is 7.11 Å². The summed E-state index contributed by atoms with van der Waals surface area (Å²) in [6.07, 6.45) is -4.74. The van der Waals surface area contributed by atoms with E-state index in [1.807, 2.05) is 0 Å². The fourth-order valence-electron chi connectivity index (χ4n) is 2.07. The van der Waals surface area contributed by atoms with Crippen LogP contribution in [-0.2, 0) is 6.61 Å². The number of methoxy groups -OCH3 is 1. The van der Waals surface area contributed by atoms with Crippen LogP contribution in [0.4, 0.5) is 13.2 Å². The Labute approximate surface area is 146 Å². The molecule has 2 aromatic carbocycles. The number of benzene rings is 2. The SMILES string of the molecule is COc1cccc(OCc2nc(-c3ccc(OC(F)(F)F)cc3)no2)c1. The summed E-state index contributed by atoms with van der Waals surface area (Å²) in [6.45, 7) is 0.0371. The molecule has 6 nitrogen and oxygen atoms in total. The summed E-state index contributed by atoms with van der Waals surface area (Å²) in [5, 5.41) is 3.78. The molecule has 0 atom stereocenters. The highest BCUT2D eigenvalue weighted by Crippen LogP contribution is 2.25. The minimum absolute atomic E-state index is 0.0371. The molecule has 0 aliphatic rings. The smallest absolute Gasteiger partial charge is 0.497 e. The van der Waals surface area contributed by atoms with Crippen LogP contribution in [0.15, 0.2) is 53.1 Å². The lowest BCUT2D eigenvalue weighted by Gasteiger charge is -2.08. The molecular formula is C17H13F3N2O4. The van der Waals surface area contributed by atoms with E-state index in [0.717, 1.165) is 0 Å². The Morgan fingerprint density at radius 1 is 1.00 bits per heavy atom. The van der Waals surface area contributed by atoms with E-state index in [9.17, 15) is 13.2 Å². The lowest BCUT2D eigenvalue weighted by atomic mass is 10.2. The molecule has 26 heavy (non-hydrogen) atoms. The van der Waals surface area contributed by atoms with E-state index in [2.05, 4.69) is 14.9 Å². The fourth-order valence-corrected chi connectivity index (χ4v) is 2.07. The van der Waals surface area contributed by atoms with Gasteiger partial charge in [0.2, 0.25) is 5.82 Å². The van der Waals surface area contributed by atoms with Crippen LogP contribution in [0, 0.1) is 0 Å². The minimum atomic E-state index is -4.74. The van der Waals surface area contributed by atoms with E-state index < -0.39 is 6.36 Å². The Morgan fingerprint density at radius 3 is 2.42 bits per heavy atom. The van der Waals surface area contributed by atoms with Crippen molar-refractivity contribution >= 4 is 0 Å². The third-order valence-corrected chi connectivity index (χ3v) is 3.22. The molecule has 0 saturated carbocycles. The molecule has 9 heteroatoms. The number of rotatable bonds is 6. The van der Waals surface area contributed by atoms with Crippen LogP contribution in [0.25, 0.3) is 11.4 Å². The van der Waals surface area contributed by atoms with Crippen LogP contribution in [-0.4, -0.2) is 23.6 Å². The summed E-state index contributed by atoms with van der Waals surface area (Å²) in [4.78, 5) is 4.15. The molecule has 0 radical (unpaired) electrons. The van der Waals surface area contributed by atoms with Gasteiger partial charge in [-0.25, -0.2) is 0 Å². The average molecular weight is 366 g/mol. The highest BCUT2D eigenvalue weighted by atomic mass is 19.4. The molecule has 1 heterocycles. The van der Waals surface area contributed by atoms with E-state index >= 15 is 0 Å². The van der Waals surface area contributed by atoms with E-state index in [0.29, 0.717) is 17.1 Å². The van der Waals surface area contributed by atoms with Gasteiger partial charge in [-0.1, -0.05) is 11.2 Å². The van der Waals surface area contributed by atoms with Crippen molar-refractivity contribution in [3.8, 4) is 28.6 Å². The Bertz CT molecular complexity index is 863. The first kappa shape index (κ1) is 17.6. The summed E-state index contributed by atoms with van der Waals surface area (Å²) in [6, 6.07) is 12.2. The second kappa shape index (κ2) is 7.34. The van der Waals surface area contributed by atoms with Crippen LogP contribution in [0.2, 0.25) is 0 Å². The van der Waals surface area contributed by atoms with Crippen LogP contribution < -0.4 is 14.2 Å². The molecular weight excluding hydrogens is 353 g/mol. The monoisotopic (exact) mass is 366 g/mol. The number of hydrogen-bond donors (Lipinski definition) is 0. The number of alkyl halides is 3. The molecule has 136 valence electrons. The molecule has 0 spiro atoms. The molecule has 0 aliphatic heterocycles. The molecule has 0 amide bonds. The highest BCUT2D eigenvalue weighted by Gasteiger charge is 2.31. The topological polar surface area (TPSA) is 66.6 Å². The molecule has 0 N–H and O–H groups in total. The molecule has 0 bridgehead atoms. The van der Waals surface area contributed by atoms with Gasteiger partial charge in [0.15, 0.2) is 6.61 Å². The first-order chi connectivity index (χ1) is 12.4. The predicted molar refractivity (Wildman–Crippen MR) is 83.7 cm³/mol. The van der Waals surface area contributed by atoms with E-state index in [-0.39, 0.29) is 24.1 Å². The quantitative estimate of drug-likeness (QED) is 0.651. The summed E-state index contributed by atoms with van der Waals surface area (Å²) in [5.74, 6) is 1.34. The maximum atomic E-state index is 12.2. The first-order valence-corrected chi connectivity index (χ1v) is 7.38. The number of nitrogens with zero attached hydrogens (tertiary/aromatic N) is 2. The normalized spacial score (nSPS) is 11.2. The number of aromatic nitrogens is 2. The highest BCUT2D eigenvalue weighted by molar-refractivity contribution is 5.55. The standard InChI is InChI=1S/C17H13F3N2O4/c1-23-13-3-2-4-14(9-13)24-10-15-21-16(22-26-15)11-5-7-12(8-6-11)25-17(18,19)20/h2-9H,10H2,1H3. The van der Waals surface area contributed by atoms with Gasteiger partial charge in [-0.15, -0.1) is 13.2 Å². The zero-order chi connectivity index (χ0) is 18.6. The molecule has 0 aliphatic carbocycles. The van der Waals surface area contributed by atoms with Gasteiger partial charge in [-0.3, -0.25) is 0 Å². The largest absolute Gasteiger partial charge is 0.573 e. The molecule has 1 aromatic heterocycles. The van der Waals surface area contributed by atoms with E-state index in [1.54, 1.807) is 31.4 Å². The molecule has 3 aromatic rings. The third kappa shape index (κ3) is 4.65. The van der Waals surface area contributed by atoms with Gasteiger partial charge in [-0.05, 0) is 36.4 Å². The van der Waals surface area contributed by atoms with Gasteiger partial charge in [0.25, 0.3) is 5.89 Å². The number of halogens is 3. The summed E-state index contributed by atoms with van der Waals surface area (Å²) >= 11 is 0. The Hall–Kier alpha value is -3.23. The Kier molecular flexibility index (Phi) is 4.97. The van der Waals surface area contributed by atoms with Crippen LogP contribution in [0.1, 0.15) is 5.89 Å². The zero-order valence-electron chi connectivity index (χ0n) is 13.5. The third-order valence-electron chi connectivity index (χ3n) is 3.22. The maximum absolute atomic E-state index is 12.2. The number of ether oxygens (including phenoxy) is 3. The molecule has 0 fully saturated rings. The van der Waals surface area contributed by atoms with Crippen LogP contribution >= 0.6 is 0 Å². The van der Waals surface area contributed by atoms with Crippen molar-refractivity contribution in [3.05, 3.63) is 54.4 Å². The average Bonchev–Trinajstić information content (AvgIpc) is 3.08. The van der Waals surface area contributed by atoms with Crippen LogP contribution in [0.3, 0.4) is 0 Å². The van der Waals surface area contributed by atoms with Gasteiger partial charge in [0.05, 0.1) is 7.11 Å². The van der Waals surface area contributed by atoms with Gasteiger partial charge >= 0.3 is 6.36 Å². The van der Waals surface area contributed by atoms with E-state index in [4.69, 9.17) is 14.0 Å². The Balaban J connectivity index is 1.64. The fraction of sp³-hybridized carbons (Fsp3) is 0.176. The summed E-state index contributed by atoms with van der Waals surface area (Å²) in [5.41, 5.74) is 0.482. The van der Waals surface area contributed by atoms with E-state index in [1.165, 1.54) is 24.3 Å². The van der Waals surface area contributed by atoms with Crippen LogP contribution in [0.5, 0.6) is 17.2 Å². The predicted octanol–water partition coefficient (Wildman–Crippen LogP) is 4.22. The lowest BCUT2D eigenvalue weighted by molar-refractivity contribution is -0.274. The Morgan fingerprint density at radius 2 is 1.73 bits per heavy atom. The van der Waals surface area contributed by atoms with Crippen molar-refractivity contribution in [1.29, 1.82) is 0 Å². The second-order valence-corrected chi connectivity index (χ2v) is 5.05. The lowest BCUT2D eigenvalue weighted by Crippen LogP contribution is -2.16. The van der Waals surface area contributed by atoms with Crippen molar-refractivity contribution in [3.63, 3.8) is 0 Å². The molecule has 0 unspecified atom stereocenters. The molecule has 0 saturated heterocycles. The second-order valence-electron chi connectivity index (χ2n) is 5.05. The van der Waals surface area contributed by atoms with Crippen molar-refractivity contribution in [2.24, 2.45) is 0 Å². The van der Waals surface area contributed by atoms with Crippen molar-refractivity contribution < 1.29 is 31.9 Å². The maximum Gasteiger partial charge on any atom is 0.573 e. The van der Waals surface area contributed by atoms with Gasteiger partial charge in [0, 0.05) is 11.6 Å². The van der Waals surface area contributed by atoms with Gasteiger partial charge in [-0.2, -0.15) is 4.98 Å².